The average molecular weight is 365 g/mol. The van der Waals surface area contributed by atoms with Crippen LogP contribution in [0.15, 0.2) is 46.9 Å². The highest BCUT2D eigenvalue weighted by Crippen LogP contribution is 2.32. The van der Waals surface area contributed by atoms with Crippen LogP contribution in [0.2, 0.25) is 5.02 Å². The van der Waals surface area contributed by atoms with Crippen molar-refractivity contribution in [3.05, 3.63) is 63.1 Å². The maximum atomic E-state index is 12.8. The van der Waals surface area contributed by atoms with Crippen molar-refractivity contribution in [1.29, 1.82) is 0 Å². The highest BCUT2D eigenvalue weighted by molar-refractivity contribution is 9.10. The van der Waals surface area contributed by atoms with E-state index < -0.39 is 11.7 Å². The lowest BCUT2D eigenvalue weighted by Crippen LogP contribution is -2.11. The molecule has 1 nitrogen and oxygen atoms in total. The second-order valence-electron chi connectivity index (χ2n) is 4.13. The maximum Gasteiger partial charge on any atom is 0.416 e. The van der Waals surface area contributed by atoms with Crippen LogP contribution in [0.3, 0.4) is 0 Å². The van der Waals surface area contributed by atoms with Crippen LogP contribution in [0.25, 0.3) is 0 Å². The minimum atomic E-state index is -4.36. The van der Waals surface area contributed by atoms with Crippen LogP contribution in [-0.2, 0) is 12.7 Å². The number of hydrogen-bond donors (Lipinski definition) is 1. The first-order valence-corrected chi connectivity index (χ1v) is 6.89. The van der Waals surface area contributed by atoms with Gasteiger partial charge in [0.05, 0.1) is 16.3 Å². The van der Waals surface area contributed by atoms with Crippen LogP contribution >= 0.6 is 27.5 Å². The maximum absolute atomic E-state index is 12.8. The summed E-state index contributed by atoms with van der Waals surface area (Å²) in [5.74, 6) is 0. The zero-order valence-electron chi connectivity index (χ0n) is 10.1. The van der Waals surface area contributed by atoms with E-state index in [2.05, 4.69) is 21.2 Å². The molecule has 0 heterocycles. The summed E-state index contributed by atoms with van der Waals surface area (Å²) in [6.07, 6.45) is -4.36. The molecule has 106 valence electrons. The standard InChI is InChI=1S/C14H10BrClF3N/c15-10-5-6-13(12(16)7-10)20-8-9-3-1-2-4-11(9)14(17,18)19/h1-7,20H,8H2. The first-order chi connectivity index (χ1) is 9.38. The van der Waals surface area contributed by atoms with E-state index in [0.717, 1.165) is 10.5 Å². The van der Waals surface area contributed by atoms with Crippen molar-refractivity contribution in [3.8, 4) is 0 Å². The van der Waals surface area contributed by atoms with Crippen molar-refractivity contribution in [3.63, 3.8) is 0 Å². The average Bonchev–Trinajstić information content (AvgIpc) is 2.37. The van der Waals surface area contributed by atoms with Gasteiger partial charge in [0.15, 0.2) is 0 Å². The molecule has 0 spiro atoms. The molecule has 2 aromatic carbocycles. The Balaban J connectivity index is 2.19. The Labute approximate surface area is 127 Å². The quantitative estimate of drug-likeness (QED) is 0.733. The Bertz CT molecular complexity index is 614. The monoisotopic (exact) mass is 363 g/mol. The lowest BCUT2D eigenvalue weighted by atomic mass is 10.1. The lowest BCUT2D eigenvalue weighted by Gasteiger charge is -2.14. The molecule has 0 bridgehead atoms. The zero-order valence-corrected chi connectivity index (χ0v) is 12.5. The van der Waals surface area contributed by atoms with Crippen LogP contribution < -0.4 is 5.32 Å². The molecular formula is C14H10BrClF3N. The molecule has 20 heavy (non-hydrogen) atoms. The molecule has 0 atom stereocenters. The molecule has 0 aromatic heterocycles. The summed E-state index contributed by atoms with van der Waals surface area (Å²) in [5, 5.41) is 3.36. The fraction of sp³-hybridized carbons (Fsp3) is 0.143. The summed E-state index contributed by atoms with van der Waals surface area (Å²) in [5.41, 5.74) is 0.131. The van der Waals surface area contributed by atoms with E-state index in [4.69, 9.17) is 11.6 Å². The van der Waals surface area contributed by atoms with Crippen LogP contribution in [0, 0.1) is 0 Å². The molecule has 0 aliphatic heterocycles. The number of halogens is 5. The molecule has 0 amide bonds. The zero-order chi connectivity index (χ0) is 14.8. The third-order valence-corrected chi connectivity index (χ3v) is 3.53. The number of rotatable bonds is 3. The van der Waals surface area contributed by atoms with Gasteiger partial charge in [-0.3, -0.25) is 0 Å². The molecule has 2 aromatic rings. The van der Waals surface area contributed by atoms with E-state index >= 15 is 0 Å². The smallest absolute Gasteiger partial charge is 0.380 e. The Morgan fingerprint density at radius 2 is 1.80 bits per heavy atom. The number of nitrogens with one attached hydrogen (secondary N) is 1. The van der Waals surface area contributed by atoms with Gasteiger partial charge in [0, 0.05) is 11.0 Å². The van der Waals surface area contributed by atoms with Gasteiger partial charge in [-0.15, -0.1) is 0 Å². The number of benzene rings is 2. The van der Waals surface area contributed by atoms with Gasteiger partial charge in [0.1, 0.15) is 0 Å². The van der Waals surface area contributed by atoms with E-state index in [1.54, 1.807) is 24.3 Å². The fourth-order valence-electron chi connectivity index (χ4n) is 1.77. The molecule has 0 saturated carbocycles. The summed E-state index contributed by atoms with van der Waals surface area (Å²) in [6.45, 7) is 0.0526. The predicted octanol–water partition coefficient (Wildman–Crippen LogP) is 5.73. The number of anilines is 1. The van der Waals surface area contributed by atoms with E-state index in [-0.39, 0.29) is 12.1 Å². The molecule has 0 saturated heterocycles. The van der Waals surface area contributed by atoms with E-state index in [0.29, 0.717) is 10.7 Å². The Morgan fingerprint density at radius 3 is 2.45 bits per heavy atom. The van der Waals surface area contributed by atoms with E-state index in [1.807, 2.05) is 0 Å². The third-order valence-electron chi connectivity index (χ3n) is 2.72. The summed E-state index contributed by atoms with van der Waals surface area (Å²) < 4.78 is 39.3. The van der Waals surface area contributed by atoms with Crippen LogP contribution in [0.4, 0.5) is 18.9 Å². The lowest BCUT2D eigenvalue weighted by molar-refractivity contribution is -0.138. The van der Waals surface area contributed by atoms with Gasteiger partial charge < -0.3 is 5.32 Å². The van der Waals surface area contributed by atoms with Crippen molar-refractivity contribution in [2.45, 2.75) is 12.7 Å². The van der Waals surface area contributed by atoms with Crippen molar-refractivity contribution < 1.29 is 13.2 Å². The summed E-state index contributed by atoms with van der Waals surface area (Å²) in [6, 6.07) is 10.6. The van der Waals surface area contributed by atoms with Crippen molar-refractivity contribution in [2.75, 3.05) is 5.32 Å². The highest BCUT2D eigenvalue weighted by atomic mass is 79.9. The Morgan fingerprint density at radius 1 is 1.10 bits per heavy atom. The molecule has 6 heteroatoms. The largest absolute Gasteiger partial charge is 0.416 e. The Kier molecular flexibility index (Phi) is 4.60. The van der Waals surface area contributed by atoms with Crippen molar-refractivity contribution >= 4 is 33.2 Å². The third kappa shape index (κ3) is 3.67. The van der Waals surface area contributed by atoms with Crippen molar-refractivity contribution in [1.82, 2.24) is 0 Å². The first kappa shape index (κ1) is 15.2. The van der Waals surface area contributed by atoms with Gasteiger partial charge in [-0.2, -0.15) is 13.2 Å². The van der Waals surface area contributed by atoms with E-state index in [1.165, 1.54) is 12.1 Å². The van der Waals surface area contributed by atoms with Gasteiger partial charge in [0.25, 0.3) is 0 Å². The van der Waals surface area contributed by atoms with Crippen LogP contribution in [-0.4, -0.2) is 0 Å². The first-order valence-electron chi connectivity index (χ1n) is 5.72. The summed E-state index contributed by atoms with van der Waals surface area (Å²) in [4.78, 5) is 0. The second kappa shape index (κ2) is 6.06. The van der Waals surface area contributed by atoms with Gasteiger partial charge >= 0.3 is 6.18 Å². The van der Waals surface area contributed by atoms with Gasteiger partial charge in [-0.05, 0) is 29.8 Å². The van der Waals surface area contributed by atoms with Gasteiger partial charge in [0.2, 0.25) is 0 Å². The highest BCUT2D eigenvalue weighted by Gasteiger charge is 2.32. The molecule has 0 unspecified atom stereocenters. The molecular weight excluding hydrogens is 355 g/mol. The number of alkyl halides is 3. The molecule has 0 aliphatic carbocycles. The normalized spacial score (nSPS) is 11.4. The number of hydrogen-bond acceptors (Lipinski definition) is 1. The fourth-order valence-corrected chi connectivity index (χ4v) is 2.51. The van der Waals surface area contributed by atoms with Crippen molar-refractivity contribution in [2.24, 2.45) is 0 Å². The van der Waals surface area contributed by atoms with Gasteiger partial charge in [-0.25, -0.2) is 0 Å². The second-order valence-corrected chi connectivity index (χ2v) is 5.46. The minimum absolute atomic E-state index is 0.0526. The molecule has 0 radical (unpaired) electrons. The van der Waals surface area contributed by atoms with Crippen LogP contribution in [0.1, 0.15) is 11.1 Å². The molecule has 2 rings (SSSR count). The minimum Gasteiger partial charge on any atom is -0.380 e. The van der Waals surface area contributed by atoms with Crippen LogP contribution in [0.5, 0.6) is 0 Å². The predicted molar refractivity (Wildman–Crippen MR) is 77.9 cm³/mol. The SMILES string of the molecule is FC(F)(F)c1ccccc1CNc1ccc(Br)cc1Cl. The molecule has 1 N–H and O–H groups in total. The molecule has 0 aliphatic rings. The molecule has 0 fully saturated rings. The van der Waals surface area contributed by atoms with Gasteiger partial charge in [-0.1, -0.05) is 45.7 Å². The van der Waals surface area contributed by atoms with E-state index in [9.17, 15) is 13.2 Å². The summed E-state index contributed by atoms with van der Waals surface area (Å²) >= 11 is 9.28. The topological polar surface area (TPSA) is 12.0 Å². The summed E-state index contributed by atoms with van der Waals surface area (Å²) in [7, 11) is 0. The Hall–Kier alpha value is -1.20.